The first-order chi connectivity index (χ1) is 11.9. The Morgan fingerprint density at radius 3 is 2.60 bits per heavy atom. The highest BCUT2D eigenvalue weighted by Gasteiger charge is 2.17. The number of aromatic nitrogens is 3. The number of hydrogen-bond acceptors (Lipinski definition) is 5. The molecule has 25 heavy (non-hydrogen) atoms. The molecule has 0 atom stereocenters. The van der Waals surface area contributed by atoms with Crippen molar-refractivity contribution in [1.82, 2.24) is 20.1 Å². The van der Waals surface area contributed by atoms with Crippen LogP contribution in [0.2, 0.25) is 0 Å². The minimum absolute atomic E-state index is 0.229. The lowest BCUT2D eigenvalue weighted by molar-refractivity contribution is 0.0824. The fourth-order valence-corrected chi connectivity index (χ4v) is 2.56. The molecule has 0 fully saturated rings. The third-order valence-electron chi connectivity index (χ3n) is 3.77. The molecular weight excluding hydrogens is 322 g/mol. The Hall–Kier alpha value is -3.29. The van der Waals surface area contributed by atoms with Gasteiger partial charge in [-0.05, 0) is 30.5 Å². The average molecular weight is 341 g/mol. The van der Waals surface area contributed by atoms with Gasteiger partial charge in [-0.25, -0.2) is 0 Å². The summed E-state index contributed by atoms with van der Waals surface area (Å²) in [5.41, 5.74) is 0.941. The van der Waals surface area contributed by atoms with E-state index in [9.17, 15) is 9.59 Å². The van der Waals surface area contributed by atoms with Crippen molar-refractivity contribution in [2.75, 3.05) is 26.5 Å². The molecule has 8 nitrogen and oxygen atoms in total. The van der Waals surface area contributed by atoms with Crippen LogP contribution in [0.5, 0.6) is 5.75 Å². The van der Waals surface area contributed by atoms with Crippen LogP contribution in [0.15, 0.2) is 29.1 Å². The number of aromatic amines is 2. The molecule has 0 aliphatic carbocycles. The number of nitrogens with one attached hydrogen (secondary N) is 3. The molecule has 0 radical (unpaired) electrons. The lowest BCUT2D eigenvalue weighted by Crippen LogP contribution is -2.22. The first-order valence-corrected chi connectivity index (χ1v) is 7.65. The number of aryl methyl sites for hydroxylation is 1. The Bertz CT molecular complexity index is 1000. The quantitative estimate of drug-likeness (QED) is 0.673. The van der Waals surface area contributed by atoms with Crippen LogP contribution in [0, 0.1) is 6.92 Å². The molecule has 0 saturated carbocycles. The second kappa shape index (κ2) is 6.31. The summed E-state index contributed by atoms with van der Waals surface area (Å²) in [5, 5.41) is 11.0. The van der Waals surface area contributed by atoms with Crippen molar-refractivity contribution in [1.29, 1.82) is 0 Å². The number of ether oxygens (including phenoxy) is 1. The molecule has 3 N–H and O–H groups in total. The maximum Gasteiger partial charge on any atom is 0.257 e. The van der Waals surface area contributed by atoms with Crippen molar-refractivity contribution in [2.24, 2.45) is 0 Å². The number of carbonyl (C=O) groups is 1. The summed E-state index contributed by atoms with van der Waals surface area (Å²) < 4.78 is 5.33. The molecule has 130 valence electrons. The van der Waals surface area contributed by atoms with E-state index in [1.807, 2.05) is 13.0 Å². The van der Waals surface area contributed by atoms with Crippen LogP contribution in [0.1, 0.15) is 16.1 Å². The van der Waals surface area contributed by atoms with E-state index in [0.717, 1.165) is 5.69 Å². The zero-order valence-corrected chi connectivity index (χ0v) is 14.4. The molecule has 0 unspecified atom stereocenters. The van der Waals surface area contributed by atoms with Gasteiger partial charge in [0.25, 0.3) is 11.5 Å². The molecule has 1 amide bonds. The van der Waals surface area contributed by atoms with Gasteiger partial charge in [0, 0.05) is 31.2 Å². The van der Waals surface area contributed by atoms with E-state index in [0.29, 0.717) is 33.7 Å². The number of fused-ring (bicyclic) bond motifs is 1. The number of methoxy groups -OCH3 is 1. The fraction of sp³-hybridized carbons (Fsp3) is 0.235. The Morgan fingerprint density at radius 2 is 2.00 bits per heavy atom. The van der Waals surface area contributed by atoms with Crippen molar-refractivity contribution in [2.45, 2.75) is 6.92 Å². The molecule has 0 bridgehead atoms. The van der Waals surface area contributed by atoms with Gasteiger partial charge >= 0.3 is 0 Å². The predicted octanol–water partition coefficient (Wildman–Crippen LogP) is 2.01. The van der Waals surface area contributed by atoms with Crippen molar-refractivity contribution >= 4 is 28.3 Å². The van der Waals surface area contributed by atoms with Gasteiger partial charge in [-0.2, -0.15) is 5.10 Å². The highest BCUT2D eigenvalue weighted by molar-refractivity contribution is 6.01. The van der Waals surface area contributed by atoms with E-state index in [1.54, 1.807) is 32.3 Å². The Labute approximate surface area is 143 Å². The number of pyridine rings is 1. The number of benzene rings is 1. The van der Waals surface area contributed by atoms with Crippen LogP contribution >= 0.6 is 0 Å². The molecule has 3 aromatic rings. The predicted molar refractivity (Wildman–Crippen MR) is 95.7 cm³/mol. The Morgan fingerprint density at radius 1 is 1.24 bits per heavy atom. The van der Waals surface area contributed by atoms with E-state index < -0.39 is 0 Å². The molecule has 2 heterocycles. The molecular formula is C17H19N5O3. The van der Waals surface area contributed by atoms with E-state index in [2.05, 4.69) is 20.5 Å². The average Bonchev–Trinajstić information content (AvgIpc) is 2.97. The highest BCUT2D eigenvalue weighted by Crippen LogP contribution is 2.26. The molecule has 0 spiro atoms. The van der Waals surface area contributed by atoms with Gasteiger partial charge in [0.15, 0.2) is 5.82 Å². The third-order valence-corrected chi connectivity index (χ3v) is 3.77. The largest absolute Gasteiger partial charge is 0.496 e. The number of amides is 1. The fourth-order valence-electron chi connectivity index (χ4n) is 2.56. The van der Waals surface area contributed by atoms with Crippen molar-refractivity contribution in [3.63, 3.8) is 0 Å². The lowest BCUT2D eigenvalue weighted by atomic mass is 10.1. The second-order valence-electron chi connectivity index (χ2n) is 5.91. The smallest absolute Gasteiger partial charge is 0.257 e. The topological polar surface area (TPSA) is 103 Å². The van der Waals surface area contributed by atoms with E-state index in [-0.39, 0.29) is 11.5 Å². The zero-order chi connectivity index (χ0) is 18.1. The third kappa shape index (κ3) is 3.18. The minimum atomic E-state index is -0.303. The number of hydrogen-bond donors (Lipinski definition) is 3. The monoisotopic (exact) mass is 341 g/mol. The van der Waals surface area contributed by atoms with Gasteiger partial charge in [-0.1, -0.05) is 0 Å². The van der Waals surface area contributed by atoms with Crippen molar-refractivity contribution in [3.8, 4) is 5.75 Å². The first kappa shape index (κ1) is 16.6. The molecule has 0 aliphatic heterocycles. The highest BCUT2D eigenvalue weighted by atomic mass is 16.5. The molecule has 3 rings (SSSR count). The maximum absolute atomic E-state index is 12.4. The van der Waals surface area contributed by atoms with Crippen LogP contribution in [0.25, 0.3) is 10.8 Å². The number of rotatable bonds is 4. The summed E-state index contributed by atoms with van der Waals surface area (Å²) in [6.07, 6.45) is 0. The van der Waals surface area contributed by atoms with Gasteiger partial charge in [-0.15, -0.1) is 0 Å². The van der Waals surface area contributed by atoms with E-state index in [4.69, 9.17) is 4.74 Å². The van der Waals surface area contributed by atoms with Crippen LogP contribution in [-0.4, -0.2) is 47.2 Å². The van der Waals surface area contributed by atoms with Gasteiger partial charge in [0.1, 0.15) is 11.6 Å². The standard InChI is InChI=1S/C17H19N5O3/c1-9-5-15(21-20-9)18-14-7-10-6-13(25-4)12(17(24)22(2)3)8-11(10)16(23)19-14/h5-8H,1-4H3,(H3,18,19,20,21,23). The summed E-state index contributed by atoms with van der Waals surface area (Å²) in [6, 6.07) is 6.83. The van der Waals surface area contributed by atoms with Gasteiger partial charge in [0.05, 0.1) is 12.7 Å². The molecule has 2 aromatic heterocycles. The summed E-state index contributed by atoms with van der Waals surface area (Å²) in [7, 11) is 4.79. The molecule has 1 aromatic carbocycles. The summed E-state index contributed by atoms with van der Waals surface area (Å²) in [5.74, 6) is 1.28. The van der Waals surface area contributed by atoms with Crippen LogP contribution < -0.4 is 15.6 Å². The lowest BCUT2D eigenvalue weighted by Gasteiger charge is -2.14. The van der Waals surface area contributed by atoms with Crippen LogP contribution in [0.4, 0.5) is 11.6 Å². The SMILES string of the molecule is COc1cc2cc(Nc3cc(C)[nH]n3)[nH]c(=O)c2cc1C(=O)N(C)C. The van der Waals surface area contributed by atoms with Crippen LogP contribution in [0.3, 0.4) is 0 Å². The van der Waals surface area contributed by atoms with Crippen molar-refractivity contribution in [3.05, 3.63) is 45.9 Å². The van der Waals surface area contributed by atoms with Crippen molar-refractivity contribution < 1.29 is 9.53 Å². The number of nitrogens with zero attached hydrogens (tertiary/aromatic N) is 2. The molecule has 8 heteroatoms. The van der Waals surface area contributed by atoms with Gasteiger partial charge < -0.3 is 19.9 Å². The summed E-state index contributed by atoms with van der Waals surface area (Å²) in [6.45, 7) is 1.88. The number of anilines is 2. The van der Waals surface area contributed by atoms with E-state index >= 15 is 0 Å². The first-order valence-electron chi connectivity index (χ1n) is 7.65. The zero-order valence-electron chi connectivity index (χ0n) is 14.4. The normalized spacial score (nSPS) is 10.7. The molecule has 0 saturated heterocycles. The molecule has 0 aliphatic rings. The van der Waals surface area contributed by atoms with E-state index in [1.165, 1.54) is 12.0 Å². The van der Waals surface area contributed by atoms with Gasteiger partial charge in [0.2, 0.25) is 0 Å². The minimum Gasteiger partial charge on any atom is -0.496 e. The Kier molecular flexibility index (Phi) is 4.18. The summed E-state index contributed by atoms with van der Waals surface area (Å²) in [4.78, 5) is 28.9. The van der Waals surface area contributed by atoms with Gasteiger partial charge in [-0.3, -0.25) is 14.7 Å². The van der Waals surface area contributed by atoms with Crippen LogP contribution in [-0.2, 0) is 0 Å². The number of H-pyrrole nitrogens is 2. The second-order valence-corrected chi connectivity index (χ2v) is 5.91. The number of carbonyl (C=O) groups excluding carboxylic acids is 1. The Balaban J connectivity index is 2.10. The maximum atomic E-state index is 12.4. The summed E-state index contributed by atoms with van der Waals surface area (Å²) >= 11 is 0.